The zero-order valence-corrected chi connectivity index (χ0v) is 17.1. The monoisotopic (exact) mass is 366 g/mol. The molecule has 0 heterocycles. The molecular weight excluding hydrogens is 336 g/mol. The lowest BCUT2D eigenvalue weighted by Crippen LogP contribution is -2.65. The minimum atomic E-state index is -3.00. The van der Waals surface area contributed by atoms with Gasteiger partial charge in [0.2, 0.25) is 0 Å². The average molecular weight is 367 g/mol. The van der Waals surface area contributed by atoms with Gasteiger partial charge >= 0.3 is 0 Å². The van der Waals surface area contributed by atoms with Crippen LogP contribution in [0.5, 0.6) is 0 Å². The first-order chi connectivity index (χ1) is 12.5. The van der Waals surface area contributed by atoms with Gasteiger partial charge in [-0.1, -0.05) is 86.7 Å². The summed E-state index contributed by atoms with van der Waals surface area (Å²) in [5.41, 5.74) is 0. The molecule has 0 amide bonds. The van der Waals surface area contributed by atoms with Gasteiger partial charge in [-0.15, -0.1) is 0 Å². The van der Waals surface area contributed by atoms with Gasteiger partial charge in [0.15, 0.2) is 0 Å². The summed E-state index contributed by atoms with van der Waals surface area (Å²) in [5.74, 6) is 0.241. The second kappa shape index (κ2) is 9.11. The first-order valence-electron chi connectivity index (χ1n) is 9.34. The number of carbonyl (C=O) groups is 1. The van der Waals surface area contributed by atoms with Crippen LogP contribution in [-0.2, 0) is 4.79 Å². The van der Waals surface area contributed by atoms with Crippen molar-refractivity contribution in [2.45, 2.75) is 45.1 Å². The number of aldehydes is 1. The van der Waals surface area contributed by atoms with Crippen LogP contribution in [0, 0.1) is 5.92 Å². The minimum absolute atomic E-state index is 0.241. The summed E-state index contributed by atoms with van der Waals surface area (Å²) in [7, 11) is -3.00. The van der Waals surface area contributed by atoms with Crippen LogP contribution in [0.25, 0.3) is 0 Å². The van der Waals surface area contributed by atoms with E-state index in [2.05, 4.69) is 19.9 Å². The lowest BCUT2D eigenvalue weighted by molar-refractivity contribution is -0.108. The van der Waals surface area contributed by atoms with Gasteiger partial charge in [-0.2, -0.15) is 0 Å². The summed E-state index contributed by atoms with van der Waals surface area (Å²) in [6.45, 7) is 6.32. The molecule has 1 N–H and O–H groups in total. The van der Waals surface area contributed by atoms with E-state index >= 15 is 0 Å². The van der Waals surface area contributed by atoms with Gasteiger partial charge in [0.25, 0.3) is 8.32 Å². The summed E-state index contributed by atoms with van der Waals surface area (Å²) in [4.78, 5) is 23.3. The summed E-state index contributed by atoms with van der Waals surface area (Å²) in [6, 6.07) is 20.1. The molecule has 2 aromatic carbocycles. The van der Waals surface area contributed by atoms with Crippen molar-refractivity contribution in [1.82, 2.24) is 0 Å². The predicted octanol–water partition coefficient (Wildman–Crippen LogP) is 4.08. The van der Waals surface area contributed by atoms with Crippen molar-refractivity contribution in [1.29, 1.82) is 0 Å². The number of allylic oxidation sites excluding steroid dienone is 2. The molecule has 0 radical (unpaired) electrons. The van der Waals surface area contributed by atoms with Gasteiger partial charge in [0.05, 0.1) is 0 Å². The van der Waals surface area contributed by atoms with E-state index in [0.717, 1.165) is 29.5 Å². The van der Waals surface area contributed by atoms with Crippen LogP contribution in [0.4, 0.5) is 0 Å². The van der Waals surface area contributed by atoms with Crippen LogP contribution in [-0.4, -0.2) is 19.4 Å². The topological polar surface area (TPSA) is 37.3 Å². The van der Waals surface area contributed by atoms with Crippen molar-refractivity contribution in [3.05, 3.63) is 72.8 Å². The molecule has 2 rings (SSSR count). The third kappa shape index (κ3) is 4.40. The highest BCUT2D eigenvalue weighted by molar-refractivity contribution is 6.98. The molecule has 1 atom stereocenters. The summed E-state index contributed by atoms with van der Waals surface area (Å²) in [6.07, 6.45) is 7.37. The molecule has 0 fully saturated rings. The molecule has 0 aromatic heterocycles. The Labute approximate surface area is 158 Å². The van der Waals surface area contributed by atoms with Crippen LogP contribution >= 0.6 is 0 Å². The van der Waals surface area contributed by atoms with E-state index in [0.29, 0.717) is 6.42 Å². The Morgan fingerprint density at radius 3 is 1.88 bits per heavy atom. The molecule has 0 unspecified atom stereocenters. The molecule has 0 aliphatic carbocycles. The Kier molecular flexibility index (Phi) is 7.12. The van der Waals surface area contributed by atoms with E-state index in [1.54, 1.807) is 0 Å². The number of hydrogen-bond acceptors (Lipinski definition) is 2. The lowest BCUT2D eigenvalue weighted by Gasteiger charge is -2.43. The molecule has 3 heteroatoms. The third-order valence-electron chi connectivity index (χ3n) is 5.30. The van der Waals surface area contributed by atoms with Crippen molar-refractivity contribution in [2.75, 3.05) is 0 Å². The normalized spacial score (nSPS) is 13.7. The lowest BCUT2D eigenvalue weighted by atomic mass is 9.91. The third-order valence-corrected chi connectivity index (χ3v) is 9.80. The highest BCUT2D eigenvalue weighted by Gasteiger charge is 2.50. The number of hydrogen-bond donors (Lipinski definition) is 1. The van der Waals surface area contributed by atoms with Crippen molar-refractivity contribution in [2.24, 2.45) is 5.92 Å². The molecule has 2 nitrogen and oxygen atoms in total. The van der Waals surface area contributed by atoms with Gasteiger partial charge in [-0.05, 0) is 41.1 Å². The molecule has 26 heavy (non-hydrogen) atoms. The van der Waals surface area contributed by atoms with E-state index in [-0.39, 0.29) is 11.0 Å². The van der Waals surface area contributed by atoms with Gasteiger partial charge in [-0.25, -0.2) is 0 Å². The number of benzene rings is 2. The summed E-state index contributed by atoms with van der Waals surface area (Å²) < 4.78 is 0. The van der Waals surface area contributed by atoms with E-state index in [1.807, 2.05) is 73.7 Å². The maximum Gasteiger partial charge on any atom is 0.258 e. The zero-order valence-electron chi connectivity index (χ0n) is 16.1. The predicted molar refractivity (Wildman–Crippen MR) is 112 cm³/mol. The van der Waals surface area contributed by atoms with Crippen molar-refractivity contribution in [3.63, 3.8) is 0 Å². The number of carbonyl (C=O) groups excluding carboxylic acids is 1. The molecule has 0 bridgehead atoms. The van der Waals surface area contributed by atoms with Gasteiger partial charge in [0, 0.05) is 6.42 Å². The molecule has 2 aromatic rings. The van der Waals surface area contributed by atoms with Crippen LogP contribution in [0.15, 0.2) is 72.8 Å². The zero-order chi connectivity index (χ0) is 19.0. The van der Waals surface area contributed by atoms with Crippen molar-refractivity contribution >= 4 is 25.0 Å². The molecule has 0 spiro atoms. The van der Waals surface area contributed by atoms with E-state index in [1.165, 1.54) is 0 Å². The second-order valence-electron chi connectivity index (χ2n) is 7.60. The van der Waals surface area contributed by atoms with Gasteiger partial charge < -0.3 is 9.59 Å². The second-order valence-corrected chi connectivity index (χ2v) is 11.5. The molecular formula is C23H30O2Si. The first-order valence-corrected chi connectivity index (χ1v) is 11.3. The highest BCUT2D eigenvalue weighted by Crippen LogP contribution is 2.42. The standard InChI is InChI=1S/C23H30O2Si/c1-4-5-12-20(17-18-24)19-23(2,3)26(25,21-13-8-6-9-14-21)22-15-10-7-11-16-22/h4-11,13-16,18,20,25H,12,17,19H2,1-3H3/b5-4-/t20-/m0/s1. The first kappa shape index (κ1) is 20.3. The maximum absolute atomic E-state index is 12.2. The van der Waals surface area contributed by atoms with Crippen molar-refractivity contribution in [3.8, 4) is 0 Å². The van der Waals surface area contributed by atoms with E-state index in [4.69, 9.17) is 0 Å². The van der Waals surface area contributed by atoms with Gasteiger partial charge in [0.1, 0.15) is 6.29 Å². The Bertz CT molecular complexity index is 668. The minimum Gasteiger partial charge on any atom is -0.424 e. The fourth-order valence-corrected chi connectivity index (χ4v) is 7.73. The van der Waals surface area contributed by atoms with E-state index < -0.39 is 8.32 Å². The molecule has 0 saturated heterocycles. The summed E-state index contributed by atoms with van der Waals surface area (Å²) >= 11 is 0. The Morgan fingerprint density at radius 1 is 0.962 bits per heavy atom. The quantitative estimate of drug-likeness (QED) is 0.412. The summed E-state index contributed by atoms with van der Waals surface area (Å²) in [5, 5.41) is 1.73. The Morgan fingerprint density at radius 2 is 1.46 bits per heavy atom. The largest absolute Gasteiger partial charge is 0.424 e. The maximum atomic E-state index is 12.2. The Hall–Kier alpha value is -1.97. The number of rotatable bonds is 9. The van der Waals surface area contributed by atoms with Crippen molar-refractivity contribution < 1.29 is 9.59 Å². The SMILES string of the molecule is C/C=C\C[C@@H](CC=O)CC(C)(C)[Si](O)(c1ccccc1)c1ccccc1. The smallest absolute Gasteiger partial charge is 0.258 e. The molecule has 0 aliphatic rings. The Balaban J connectivity index is 2.48. The molecule has 138 valence electrons. The molecule has 0 aliphatic heterocycles. The van der Waals surface area contributed by atoms with Crippen LogP contribution in [0.1, 0.15) is 40.0 Å². The highest BCUT2D eigenvalue weighted by atomic mass is 28.4. The fourth-order valence-electron chi connectivity index (χ4n) is 3.90. The van der Waals surface area contributed by atoms with Gasteiger partial charge in [-0.3, -0.25) is 0 Å². The fraction of sp³-hybridized carbons (Fsp3) is 0.348. The van der Waals surface area contributed by atoms with Crippen LogP contribution in [0.2, 0.25) is 5.04 Å². The van der Waals surface area contributed by atoms with E-state index in [9.17, 15) is 9.59 Å². The average Bonchev–Trinajstić information content (AvgIpc) is 2.66. The van der Waals surface area contributed by atoms with Crippen LogP contribution < -0.4 is 10.4 Å². The van der Waals surface area contributed by atoms with Crippen LogP contribution in [0.3, 0.4) is 0 Å². The molecule has 0 saturated carbocycles.